The molecule has 110 valence electrons. The first-order valence-corrected chi connectivity index (χ1v) is 7.48. The third-order valence-corrected chi connectivity index (χ3v) is 3.98. The van der Waals surface area contributed by atoms with Gasteiger partial charge in [-0.2, -0.15) is 0 Å². The molecule has 0 radical (unpaired) electrons. The Labute approximate surface area is 123 Å². The first-order chi connectivity index (χ1) is 10.3. The van der Waals surface area contributed by atoms with Crippen LogP contribution in [0.4, 0.5) is 5.88 Å². The van der Waals surface area contributed by atoms with Gasteiger partial charge in [0.15, 0.2) is 0 Å². The van der Waals surface area contributed by atoms with Gasteiger partial charge in [-0.05, 0) is 24.5 Å². The lowest BCUT2D eigenvalue weighted by Gasteiger charge is -2.07. The van der Waals surface area contributed by atoms with Gasteiger partial charge in [-0.3, -0.25) is 15.1 Å². The molecule has 0 aromatic carbocycles. The lowest BCUT2D eigenvalue weighted by molar-refractivity contribution is -0.116. The Morgan fingerprint density at radius 2 is 2.24 bits per heavy atom. The van der Waals surface area contributed by atoms with E-state index in [1.54, 1.807) is 18.5 Å². The number of nitrogens with zero attached hydrogens (tertiary/aromatic N) is 2. The van der Waals surface area contributed by atoms with Crippen LogP contribution in [0.3, 0.4) is 0 Å². The minimum Gasteiger partial charge on any atom is -0.338 e. The number of carbonyl (C=O) groups excluding carboxylic acids is 1. The van der Waals surface area contributed by atoms with Gasteiger partial charge in [0.05, 0.1) is 0 Å². The van der Waals surface area contributed by atoms with Gasteiger partial charge in [0.2, 0.25) is 11.8 Å². The highest BCUT2D eigenvalue weighted by Gasteiger charge is 2.17. The number of nitrogens with one attached hydrogen (secondary N) is 1. The fraction of sp³-hybridized carbons (Fsp3) is 0.438. The zero-order valence-electron chi connectivity index (χ0n) is 11.9. The van der Waals surface area contributed by atoms with Crippen molar-refractivity contribution in [3.05, 3.63) is 30.6 Å². The van der Waals surface area contributed by atoms with Crippen molar-refractivity contribution in [3.63, 3.8) is 0 Å². The highest BCUT2D eigenvalue weighted by molar-refractivity contribution is 5.89. The predicted octanol–water partition coefficient (Wildman–Crippen LogP) is 3.65. The lowest BCUT2D eigenvalue weighted by atomic mass is 10.0. The third kappa shape index (κ3) is 3.68. The Bertz CT molecular complexity index is 589. The summed E-state index contributed by atoms with van der Waals surface area (Å²) in [5, 5.41) is 6.71. The van der Waals surface area contributed by atoms with Crippen molar-refractivity contribution in [2.45, 2.75) is 38.5 Å². The number of aromatic nitrogens is 2. The fourth-order valence-electron chi connectivity index (χ4n) is 2.82. The maximum atomic E-state index is 11.9. The quantitative estimate of drug-likeness (QED) is 0.910. The standard InChI is InChI=1S/C16H19N3O2/c20-15(8-7-12-4-1-2-5-12)18-16-10-14(19-21-16)13-6-3-9-17-11-13/h3,6,9-12H,1-2,4-5,7-8H2,(H,18,20). The Morgan fingerprint density at radius 3 is 3.00 bits per heavy atom. The molecule has 5 heteroatoms. The maximum Gasteiger partial charge on any atom is 0.231 e. The van der Waals surface area contributed by atoms with E-state index in [0.717, 1.165) is 17.9 Å². The molecular formula is C16H19N3O2. The molecule has 2 heterocycles. The van der Waals surface area contributed by atoms with Crippen LogP contribution in [0.5, 0.6) is 0 Å². The first kappa shape index (κ1) is 13.8. The van der Waals surface area contributed by atoms with Crippen LogP contribution < -0.4 is 5.32 Å². The van der Waals surface area contributed by atoms with Crippen LogP contribution in [0.15, 0.2) is 35.1 Å². The molecule has 2 aromatic rings. The van der Waals surface area contributed by atoms with Crippen LogP contribution in [-0.4, -0.2) is 16.0 Å². The van der Waals surface area contributed by atoms with Gasteiger partial charge in [0, 0.05) is 30.4 Å². The number of pyridine rings is 1. The predicted molar refractivity (Wildman–Crippen MR) is 79.6 cm³/mol. The van der Waals surface area contributed by atoms with Gasteiger partial charge < -0.3 is 4.52 Å². The molecule has 0 bridgehead atoms. The van der Waals surface area contributed by atoms with E-state index in [2.05, 4.69) is 15.5 Å². The van der Waals surface area contributed by atoms with Gasteiger partial charge >= 0.3 is 0 Å². The number of rotatable bonds is 5. The molecule has 1 aliphatic rings. The number of carbonyl (C=O) groups is 1. The van der Waals surface area contributed by atoms with Gasteiger partial charge in [0.25, 0.3) is 0 Å². The Morgan fingerprint density at radius 1 is 1.38 bits per heavy atom. The topological polar surface area (TPSA) is 68.0 Å². The Balaban J connectivity index is 1.53. The van der Waals surface area contributed by atoms with Crippen molar-refractivity contribution in [3.8, 4) is 11.3 Å². The molecule has 5 nitrogen and oxygen atoms in total. The van der Waals surface area contributed by atoms with Gasteiger partial charge in [-0.15, -0.1) is 0 Å². The summed E-state index contributed by atoms with van der Waals surface area (Å²) in [6.07, 6.45) is 10.1. The van der Waals surface area contributed by atoms with Crippen molar-refractivity contribution < 1.29 is 9.32 Å². The molecular weight excluding hydrogens is 266 g/mol. The van der Waals surface area contributed by atoms with Crippen LogP contribution in [0.2, 0.25) is 0 Å². The van der Waals surface area contributed by atoms with Crippen molar-refractivity contribution in [1.29, 1.82) is 0 Å². The summed E-state index contributed by atoms with van der Waals surface area (Å²) in [4.78, 5) is 15.9. The van der Waals surface area contributed by atoms with Gasteiger partial charge in [-0.25, -0.2) is 0 Å². The summed E-state index contributed by atoms with van der Waals surface area (Å²) >= 11 is 0. The van der Waals surface area contributed by atoms with Crippen molar-refractivity contribution in [1.82, 2.24) is 10.1 Å². The van der Waals surface area contributed by atoms with Crippen molar-refractivity contribution >= 4 is 11.8 Å². The van der Waals surface area contributed by atoms with Crippen molar-refractivity contribution in [2.24, 2.45) is 5.92 Å². The maximum absolute atomic E-state index is 11.9. The monoisotopic (exact) mass is 285 g/mol. The number of anilines is 1. The molecule has 1 aliphatic carbocycles. The number of hydrogen-bond acceptors (Lipinski definition) is 4. The van der Waals surface area contributed by atoms with Gasteiger partial charge in [0.1, 0.15) is 5.69 Å². The molecule has 2 aromatic heterocycles. The molecule has 1 amide bonds. The molecule has 3 rings (SSSR count). The summed E-state index contributed by atoms with van der Waals surface area (Å²) in [6, 6.07) is 5.46. The van der Waals surface area contributed by atoms with Crippen LogP contribution in [-0.2, 0) is 4.79 Å². The largest absolute Gasteiger partial charge is 0.338 e. The molecule has 1 fully saturated rings. The number of hydrogen-bond donors (Lipinski definition) is 1. The Kier molecular flexibility index (Phi) is 4.28. The smallest absolute Gasteiger partial charge is 0.231 e. The highest BCUT2D eigenvalue weighted by atomic mass is 16.5. The molecule has 0 saturated heterocycles. The first-order valence-electron chi connectivity index (χ1n) is 7.48. The molecule has 1 saturated carbocycles. The van der Waals surface area contributed by atoms with Crippen LogP contribution in [0.1, 0.15) is 38.5 Å². The average Bonchev–Trinajstić information content (AvgIpc) is 3.17. The third-order valence-electron chi connectivity index (χ3n) is 3.98. The summed E-state index contributed by atoms with van der Waals surface area (Å²) in [5.41, 5.74) is 1.54. The molecule has 0 atom stereocenters. The number of amides is 1. The normalized spacial score (nSPS) is 15.2. The van der Waals surface area contributed by atoms with Crippen LogP contribution in [0.25, 0.3) is 11.3 Å². The van der Waals surface area contributed by atoms with E-state index in [0.29, 0.717) is 18.0 Å². The lowest BCUT2D eigenvalue weighted by Crippen LogP contribution is -2.12. The zero-order chi connectivity index (χ0) is 14.5. The minimum atomic E-state index is -0.00390. The Hall–Kier alpha value is -2.17. The second-order valence-corrected chi connectivity index (χ2v) is 5.56. The molecule has 0 spiro atoms. The van der Waals surface area contributed by atoms with Crippen LogP contribution in [0, 0.1) is 5.92 Å². The van der Waals surface area contributed by atoms with Gasteiger partial charge in [-0.1, -0.05) is 30.8 Å². The SMILES string of the molecule is O=C(CCC1CCCC1)Nc1cc(-c2cccnc2)no1. The molecule has 21 heavy (non-hydrogen) atoms. The summed E-state index contributed by atoms with van der Waals surface area (Å²) < 4.78 is 5.15. The van der Waals surface area contributed by atoms with E-state index < -0.39 is 0 Å². The highest BCUT2D eigenvalue weighted by Crippen LogP contribution is 2.28. The van der Waals surface area contributed by atoms with Crippen LogP contribution >= 0.6 is 0 Å². The zero-order valence-corrected chi connectivity index (χ0v) is 11.9. The molecule has 0 unspecified atom stereocenters. The second kappa shape index (κ2) is 6.52. The van der Waals surface area contributed by atoms with E-state index in [1.165, 1.54) is 25.7 Å². The summed E-state index contributed by atoms with van der Waals surface area (Å²) in [7, 11) is 0. The average molecular weight is 285 g/mol. The van der Waals surface area contributed by atoms with E-state index in [1.807, 2.05) is 12.1 Å². The summed E-state index contributed by atoms with van der Waals surface area (Å²) in [5.74, 6) is 1.11. The minimum absolute atomic E-state index is 0.00390. The summed E-state index contributed by atoms with van der Waals surface area (Å²) in [6.45, 7) is 0. The van der Waals surface area contributed by atoms with E-state index >= 15 is 0 Å². The van der Waals surface area contributed by atoms with E-state index in [4.69, 9.17) is 4.52 Å². The molecule has 0 aliphatic heterocycles. The molecule has 1 N–H and O–H groups in total. The second-order valence-electron chi connectivity index (χ2n) is 5.56. The van der Waals surface area contributed by atoms with E-state index in [9.17, 15) is 4.79 Å². The van der Waals surface area contributed by atoms with Crippen molar-refractivity contribution in [2.75, 3.05) is 5.32 Å². The fourth-order valence-corrected chi connectivity index (χ4v) is 2.82. The van der Waals surface area contributed by atoms with E-state index in [-0.39, 0.29) is 5.91 Å².